The van der Waals surface area contributed by atoms with Gasteiger partial charge in [0.1, 0.15) is 0 Å². The van der Waals surface area contributed by atoms with Crippen molar-refractivity contribution in [1.82, 2.24) is 0 Å². The van der Waals surface area contributed by atoms with E-state index in [1.807, 2.05) is 12.2 Å². The number of nitrogens with zero attached hydrogens (tertiary/aromatic N) is 2. The number of allylic oxidation sites excluding steroid dienone is 4. The van der Waals surface area contributed by atoms with Crippen LogP contribution in [0.3, 0.4) is 0 Å². The number of benzene rings is 6. The van der Waals surface area contributed by atoms with Crippen LogP contribution in [0.5, 0.6) is 0 Å². The van der Waals surface area contributed by atoms with Crippen LogP contribution in [-0.4, -0.2) is 17.8 Å². The van der Waals surface area contributed by atoms with Crippen molar-refractivity contribution >= 4 is 51.9 Å². The van der Waals surface area contributed by atoms with E-state index in [1.165, 1.54) is 89.2 Å². The highest BCUT2D eigenvalue weighted by molar-refractivity contribution is 6.97. The molecular weight excluding hydrogens is 796 g/mol. The van der Waals surface area contributed by atoms with Gasteiger partial charge in [-0.1, -0.05) is 186 Å². The van der Waals surface area contributed by atoms with Crippen LogP contribution >= 0.6 is 0 Å². The highest BCUT2D eigenvalue weighted by Gasteiger charge is 2.44. The maximum atomic E-state index is 3.90. The molecule has 1 aliphatic carbocycles. The zero-order valence-electron chi connectivity index (χ0n) is 41.9. The molecule has 0 saturated carbocycles. The number of anilines is 4. The highest BCUT2D eigenvalue weighted by Crippen LogP contribution is 2.55. The lowest BCUT2D eigenvalue weighted by atomic mass is 9.35. The molecule has 0 spiro atoms. The van der Waals surface area contributed by atoms with Gasteiger partial charge >= 0.3 is 0 Å². The van der Waals surface area contributed by atoms with Crippen LogP contribution in [0, 0.1) is 13.8 Å². The molecule has 4 heterocycles. The summed E-state index contributed by atoms with van der Waals surface area (Å²) in [6.45, 7) is 33.1. The van der Waals surface area contributed by atoms with Gasteiger partial charge in [-0.25, -0.2) is 0 Å². The van der Waals surface area contributed by atoms with Gasteiger partial charge in [-0.05, 0) is 152 Å². The van der Waals surface area contributed by atoms with E-state index in [-0.39, 0.29) is 34.0 Å². The summed E-state index contributed by atoms with van der Waals surface area (Å²) in [4.78, 5) is 5.59. The normalized spacial score (nSPS) is 18.8. The summed E-state index contributed by atoms with van der Waals surface area (Å²) in [5, 5.41) is 0. The van der Waals surface area contributed by atoms with Crippen molar-refractivity contribution in [1.29, 1.82) is 0 Å². The molecule has 4 aliphatic heterocycles. The van der Waals surface area contributed by atoms with Crippen molar-refractivity contribution < 1.29 is 0 Å². The lowest BCUT2D eigenvalue weighted by Crippen LogP contribution is -2.58. The number of fused-ring (bicyclic) bond motifs is 15. The molecule has 3 heteroatoms. The molecule has 0 aromatic heterocycles. The zero-order valence-corrected chi connectivity index (χ0v) is 41.9. The van der Waals surface area contributed by atoms with Gasteiger partial charge in [-0.3, -0.25) is 0 Å². The van der Waals surface area contributed by atoms with Crippen LogP contribution in [0.1, 0.15) is 134 Å². The van der Waals surface area contributed by atoms with E-state index in [2.05, 4.69) is 239 Å². The largest absolute Gasteiger partial charge is 0.336 e. The fourth-order valence-electron chi connectivity index (χ4n) is 11.7. The minimum atomic E-state index is -0.297. The smallest absolute Gasteiger partial charge is 0.246 e. The zero-order chi connectivity index (χ0) is 47.0. The molecular formula is C63H71BN2. The summed E-state index contributed by atoms with van der Waals surface area (Å²) in [6.07, 6.45) is 14.3. The Kier molecular flexibility index (Phi) is 11.4. The molecule has 11 rings (SSSR count). The Balaban J connectivity index is 1.46. The first-order chi connectivity index (χ1) is 31.2. The second-order valence-electron chi connectivity index (χ2n) is 22.9. The van der Waals surface area contributed by atoms with Crippen molar-refractivity contribution in [2.75, 3.05) is 9.80 Å². The van der Waals surface area contributed by atoms with Crippen LogP contribution in [0.2, 0.25) is 0 Å². The van der Waals surface area contributed by atoms with Gasteiger partial charge in [0.2, 0.25) is 6.71 Å². The number of rotatable bonds is 5. The summed E-state index contributed by atoms with van der Waals surface area (Å²) in [7, 11) is 0. The Hall–Kier alpha value is -5.80. The predicted octanol–water partition coefficient (Wildman–Crippen LogP) is 14.9. The average molecular weight is 867 g/mol. The lowest BCUT2D eigenvalue weighted by molar-refractivity contribution is 0.370. The molecule has 336 valence electrons. The fraction of sp³-hybridized carbons (Fsp3) is 0.333. The van der Waals surface area contributed by atoms with E-state index in [9.17, 15) is 0 Å². The van der Waals surface area contributed by atoms with Crippen LogP contribution in [0.15, 0.2) is 152 Å². The molecule has 0 unspecified atom stereocenters. The van der Waals surface area contributed by atoms with E-state index in [0.717, 1.165) is 25.7 Å². The molecule has 4 bridgehead atoms. The van der Waals surface area contributed by atoms with Crippen LogP contribution < -0.4 is 26.2 Å². The minimum absolute atomic E-state index is 0.0172. The lowest BCUT2D eigenvalue weighted by Gasteiger charge is -2.48. The maximum absolute atomic E-state index is 3.90. The summed E-state index contributed by atoms with van der Waals surface area (Å²) in [6, 6.07) is 48.0. The first-order valence-electron chi connectivity index (χ1n) is 24.5. The van der Waals surface area contributed by atoms with Gasteiger partial charge in [0, 0.05) is 44.8 Å². The Morgan fingerprint density at radius 1 is 0.515 bits per heavy atom. The van der Waals surface area contributed by atoms with Crippen LogP contribution in [-0.2, 0) is 16.2 Å². The van der Waals surface area contributed by atoms with Crippen LogP contribution in [0.25, 0.3) is 17.2 Å². The van der Waals surface area contributed by atoms with Crippen molar-refractivity contribution in [3.05, 3.63) is 191 Å². The Bertz CT molecular complexity index is 2860. The third-order valence-corrected chi connectivity index (χ3v) is 16.0. The molecule has 0 atom stereocenters. The summed E-state index contributed by atoms with van der Waals surface area (Å²) in [5.41, 5.74) is 20.3. The Morgan fingerprint density at radius 3 is 1.64 bits per heavy atom. The Labute approximate surface area is 398 Å². The van der Waals surface area contributed by atoms with Crippen LogP contribution in [0.4, 0.5) is 22.7 Å². The van der Waals surface area contributed by atoms with Gasteiger partial charge in [0.15, 0.2) is 0 Å². The third-order valence-electron chi connectivity index (χ3n) is 16.0. The van der Waals surface area contributed by atoms with Gasteiger partial charge in [-0.15, -0.1) is 0 Å². The van der Waals surface area contributed by atoms with Crippen molar-refractivity contribution in [2.45, 2.75) is 136 Å². The molecule has 6 aromatic carbocycles. The monoisotopic (exact) mass is 867 g/mol. The fourth-order valence-corrected chi connectivity index (χ4v) is 11.7. The summed E-state index contributed by atoms with van der Waals surface area (Å²) >= 11 is 0. The molecule has 66 heavy (non-hydrogen) atoms. The first kappa shape index (κ1) is 45.4. The number of hydrogen-bond acceptors (Lipinski definition) is 2. The van der Waals surface area contributed by atoms with E-state index in [0.29, 0.717) is 0 Å². The molecule has 5 aliphatic rings. The molecule has 6 aromatic rings. The van der Waals surface area contributed by atoms with Gasteiger partial charge < -0.3 is 9.80 Å². The van der Waals surface area contributed by atoms with E-state index >= 15 is 0 Å². The Morgan fingerprint density at radius 2 is 1.06 bits per heavy atom. The molecule has 0 amide bonds. The maximum Gasteiger partial charge on any atom is 0.246 e. The summed E-state index contributed by atoms with van der Waals surface area (Å²) < 4.78 is 0. The van der Waals surface area contributed by atoms with E-state index < -0.39 is 0 Å². The average Bonchev–Trinajstić information content (AvgIpc) is 3.52. The van der Waals surface area contributed by atoms with Gasteiger partial charge in [0.05, 0.1) is 0 Å². The third kappa shape index (κ3) is 7.81. The second kappa shape index (κ2) is 16.5. The van der Waals surface area contributed by atoms with E-state index in [1.54, 1.807) is 0 Å². The quantitative estimate of drug-likeness (QED) is 0.126. The number of hydrogen-bond donors (Lipinski definition) is 0. The summed E-state index contributed by atoms with van der Waals surface area (Å²) in [5.74, 6) is 0. The number of aryl methyl sites for hydroxylation is 2. The van der Waals surface area contributed by atoms with Gasteiger partial charge in [-0.2, -0.15) is 0 Å². The molecule has 2 nitrogen and oxygen atoms in total. The van der Waals surface area contributed by atoms with Gasteiger partial charge in [0.25, 0.3) is 0 Å². The molecule has 0 N–H and O–H groups in total. The SMILES string of the molecule is C=C/C=C\C=Cc1ccc(C)c(N2c3cc(C)cc4c3B(c3ccc(cc3)C(C)(C)CCC2(C)C)c2ccc(cc2)C(C)(C)CCC(C)(C)N4c2cccc3c2-c2ccccc2C3(C)C)c1. The first-order valence-corrected chi connectivity index (χ1v) is 24.5. The molecule has 0 radical (unpaired) electrons. The van der Waals surface area contributed by atoms with E-state index in [4.69, 9.17) is 0 Å². The van der Waals surface area contributed by atoms with Crippen molar-refractivity contribution in [3.63, 3.8) is 0 Å². The van der Waals surface area contributed by atoms with Crippen molar-refractivity contribution in [3.8, 4) is 11.1 Å². The standard InChI is InChI=1S/C63H71BN2/c1-14-15-16-17-21-45-27-26-44(3)54(42-45)66-56-41-43(2)40-55-58(56)64(49-34-30-47(31-35-49)60(6,7)37-39-62(66,10)11)48-32-28-46(29-33-48)59(4,5)36-38-61(8,9)65(55)53-25-20-24-52-57(53)50-22-18-19-23-51(50)63(52,12)13/h14-35,40-42H,1,36-39H2,2-13H3/b16-15-,21-17?. The van der Waals surface area contributed by atoms with Crippen molar-refractivity contribution in [2.24, 2.45) is 0 Å². The topological polar surface area (TPSA) is 6.48 Å². The second-order valence-corrected chi connectivity index (χ2v) is 22.9. The highest BCUT2D eigenvalue weighted by atomic mass is 15.2. The molecule has 0 fully saturated rings. The molecule has 0 saturated heterocycles. The minimum Gasteiger partial charge on any atom is -0.336 e. The predicted molar refractivity (Wildman–Crippen MR) is 289 cm³/mol.